The van der Waals surface area contributed by atoms with Crippen molar-refractivity contribution in [3.63, 3.8) is 0 Å². The Morgan fingerprint density at radius 1 is 1.20 bits per heavy atom. The van der Waals surface area contributed by atoms with Crippen LogP contribution in [0.3, 0.4) is 0 Å². The summed E-state index contributed by atoms with van der Waals surface area (Å²) in [4.78, 5) is 0. The van der Waals surface area contributed by atoms with E-state index in [1.165, 1.54) is 0 Å². The first-order chi connectivity index (χ1) is 11.9. The van der Waals surface area contributed by atoms with Crippen molar-refractivity contribution < 1.29 is 24.1 Å². The highest BCUT2D eigenvalue weighted by Gasteiger charge is 2.63. The first-order valence-corrected chi connectivity index (χ1v) is 8.53. The van der Waals surface area contributed by atoms with E-state index < -0.39 is 36.0 Å². The molecular formula is C20H26O5. The number of hydrogen-bond donors (Lipinski definition) is 1. The molecule has 0 saturated carbocycles. The summed E-state index contributed by atoms with van der Waals surface area (Å²) in [6, 6.07) is 9.84. The first-order valence-electron chi connectivity index (χ1n) is 8.53. The molecule has 1 unspecified atom stereocenters. The summed E-state index contributed by atoms with van der Waals surface area (Å²) >= 11 is 0. The van der Waals surface area contributed by atoms with Crippen LogP contribution in [0.25, 0.3) is 0 Å². The van der Waals surface area contributed by atoms with Crippen LogP contribution < -0.4 is 0 Å². The van der Waals surface area contributed by atoms with Crippen LogP contribution in [0.15, 0.2) is 55.6 Å². The molecule has 3 rings (SSSR count). The third-order valence-electron chi connectivity index (χ3n) is 4.65. The van der Waals surface area contributed by atoms with Crippen LogP contribution in [0.4, 0.5) is 0 Å². The molecule has 5 heteroatoms. The van der Waals surface area contributed by atoms with Gasteiger partial charge in [0.1, 0.15) is 17.8 Å². The fraction of sp³-hybridized carbons (Fsp3) is 0.500. The number of aliphatic hydroxyl groups excluding tert-OH is 1. The lowest BCUT2D eigenvalue weighted by molar-refractivity contribution is -0.250. The molecule has 2 aliphatic heterocycles. The van der Waals surface area contributed by atoms with E-state index in [0.29, 0.717) is 13.0 Å². The highest BCUT2D eigenvalue weighted by molar-refractivity contribution is 5.18. The van der Waals surface area contributed by atoms with Crippen molar-refractivity contribution in [3.8, 4) is 0 Å². The van der Waals surface area contributed by atoms with Gasteiger partial charge >= 0.3 is 0 Å². The Morgan fingerprint density at radius 3 is 2.56 bits per heavy atom. The van der Waals surface area contributed by atoms with E-state index in [0.717, 1.165) is 5.56 Å². The van der Waals surface area contributed by atoms with E-state index in [1.54, 1.807) is 12.2 Å². The highest BCUT2D eigenvalue weighted by atomic mass is 16.8. The third kappa shape index (κ3) is 3.43. The normalized spacial score (nSPS) is 34.4. The molecule has 0 aliphatic carbocycles. The Morgan fingerprint density at radius 2 is 1.92 bits per heavy atom. The summed E-state index contributed by atoms with van der Waals surface area (Å²) in [6.07, 6.45) is 1.11. The van der Waals surface area contributed by atoms with Gasteiger partial charge in [-0.2, -0.15) is 0 Å². The minimum absolute atomic E-state index is 0.347. The van der Waals surface area contributed by atoms with Crippen molar-refractivity contribution >= 4 is 0 Å². The fourth-order valence-electron chi connectivity index (χ4n) is 3.47. The molecule has 0 bridgehead atoms. The largest absolute Gasteiger partial charge is 0.389 e. The third-order valence-corrected chi connectivity index (χ3v) is 4.65. The van der Waals surface area contributed by atoms with Crippen molar-refractivity contribution in [3.05, 3.63) is 61.2 Å². The summed E-state index contributed by atoms with van der Waals surface area (Å²) in [5.74, 6) is -0.763. The average molecular weight is 346 g/mol. The zero-order chi connectivity index (χ0) is 18.1. The van der Waals surface area contributed by atoms with Crippen LogP contribution in [-0.4, -0.2) is 41.1 Å². The molecule has 0 radical (unpaired) electrons. The Bertz CT molecular complexity index is 614. The van der Waals surface area contributed by atoms with Crippen LogP contribution in [0.5, 0.6) is 0 Å². The second kappa shape index (κ2) is 7.02. The van der Waals surface area contributed by atoms with Gasteiger partial charge in [0, 0.05) is 0 Å². The summed E-state index contributed by atoms with van der Waals surface area (Å²) in [6.45, 7) is 11.6. The van der Waals surface area contributed by atoms with Crippen LogP contribution in [-0.2, 0) is 25.6 Å². The van der Waals surface area contributed by atoms with Crippen molar-refractivity contribution in [2.75, 3.05) is 0 Å². The summed E-state index contributed by atoms with van der Waals surface area (Å²) in [7, 11) is 0. The van der Waals surface area contributed by atoms with E-state index >= 15 is 0 Å². The Kier molecular flexibility index (Phi) is 5.14. The zero-order valence-electron chi connectivity index (χ0n) is 14.8. The van der Waals surface area contributed by atoms with Crippen molar-refractivity contribution in [1.29, 1.82) is 0 Å². The molecule has 2 aliphatic rings. The molecule has 0 aromatic heterocycles. The lowest BCUT2D eigenvalue weighted by Crippen LogP contribution is -2.53. The van der Waals surface area contributed by atoms with Gasteiger partial charge in [0.15, 0.2) is 12.1 Å². The smallest absolute Gasteiger partial charge is 0.191 e. The number of ether oxygens (including phenoxy) is 4. The van der Waals surface area contributed by atoms with Crippen molar-refractivity contribution in [1.82, 2.24) is 0 Å². The predicted molar refractivity (Wildman–Crippen MR) is 93.7 cm³/mol. The Hall–Kier alpha value is -1.50. The van der Waals surface area contributed by atoms with E-state index in [-0.39, 0.29) is 0 Å². The minimum atomic E-state index is -1.12. The maximum Gasteiger partial charge on any atom is 0.191 e. The van der Waals surface area contributed by atoms with Gasteiger partial charge in [0.2, 0.25) is 0 Å². The fourth-order valence-corrected chi connectivity index (χ4v) is 3.47. The lowest BCUT2D eigenvalue weighted by atomic mass is 9.87. The summed E-state index contributed by atoms with van der Waals surface area (Å²) in [5.41, 5.74) is -0.0882. The summed E-state index contributed by atoms with van der Waals surface area (Å²) < 4.78 is 24.1. The monoisotopic (exact) mass is 346 g/mol. The standard InChI is InChI=1S/C20H26O5/c1-5-10-15(21)20(6-2)17(22-13-14-11-8-7-9-12-14)16-18(25-20)24-19(3,4)23-16/h5-9,11-12,15-18,21H,1-2,10,13H2,3-4H3/t15?,16-,17-,18+,20+/m1/s1. The van der Waals surface area contributed by atoms with E-state index in [4.69, 9.17) is 18.9 Å². The molecule has 5 nitrogen and oxygen atoms in total. The summed E-state index contributed by atoms with van der Waals surface area (Å²) in [5, 5.41) is 10.7. The van der Waals surface area contributed by atoms with Gasteiger partial charge in [0.05, 0.1) is 12.7 Å². The van der Waals surface area contributed by atoms with E-state index in [1.807, 2.05) is 44.2 Å². The van der Waals surface area contributed by atoms with Gasteiger partial charge in [-0.25, -0.2) is 0 Å². The van der Waals surface area contributed by atoms with Crippen LogP contribution in [0, 0.1) is 0 Å². The van der Waals surface area contributed by atoms with Crippen molar-refractivity contribution in [2.24, 2.45) is 0 Å². The van der Waals surface area contributed by atoms with Crippen molar-refractivity contribution in [2.45, 2.75) is 62.9 Å². The molecule has 2 heterocycles. The van der Waals surface area contributed by atoms with E-state index in [9.17, 15) is 5.11 Å². The number of benzene rings is 1. The van der Waals surface area contributed by atoms with Gasteiger partial charge in [-0.05, 0) is 25.8 Å². The molecule has 136 valence electrons. The topological polar surface area (TPSA) is 57.2 Å². The number of rotatable bonds is 7. The highest BCUT2D eigenvalue weighted by Crippen LogP contribution is 2.46. The molecule has 0 spiro atoms. The Balaban J connectivity index is 1.86. The Labute approximate surface area is 148 Å². The van der Waals surface area contributed by atoms with Gasteiger partial charge in [-0.15, -0.1) is 13.2 Å². The molecule has 0 amide bonds. The number of hydrogen-bond acceptors (Lipinski definition) is 5. The molecule has 2 saturated heterocycles. The number of aliphatic hydroxyl groups is 1. The maximum atomic E-state index is 10.7. The second-order valence-corrected chi connectivity index (χ2v) is 6.90. The SMILES string of the molecule is C=CCC(O)[C@]1(C=C)O[C@@H]2OC(C)(C)O[C@@H]2[C@H]1OCc1ccccc1. The molecule has 1 aromatic carbocycles. The molecular weight excluding hydrogens is 320 g/mol. The van der Waals surface area contributed by atoms with E-state index in [2.05, 4.69) is 13.2 Å². The van der Waals surface area contributed by atoms with Gasteiger partial charge in [0.25, 0.3) is 0 Å². The van der Waals surface area contributed by atoms with Crippen LogP contribution in [0.2, 0.25) is 0 Å². The predicted octanol–water partition coefficient (Wildman–Crippen LogP) is 2.94. The van der Waals surface area contributed by atoms with Gasteiger partial charge < -0.3 is 24.1 Å². The molecule has 1 N–H and O–H groups in total. The van der Waals surface area contributed by atoms with Gasteiger partial charge in [-0.1, -0.05) is 42.5 Å². The zero-order valence-corrected chi connectivity index (χ0v) is 14.8. The van der Waals surface area contributed by atoms with Crippen LogP contribution in [0.1, 0.15) is 25.8 Å². The molecule has 1 aromatic rings. The first kappa shape index (κ1) is 18.3. The molecule has 25 heavy (non-hydrogen) atoms. The van der Waals surface area contributed by atoms with Gasteiger partial charge in [-0.3, -0.25) is 0 Å². The quantitative estimate of drug-likeness (QED) is 0.769. The lowest BCUT2D eigenvalue weighted by Gasteiger charge is -2.37. The molecule has 2 fully saturated rings. The molecule has 5 atom stereocenters. The second-order valence-electron chi connectivity index (χ2n) is 6.90. The van der Waals surface area contributed by atoms with Crippen LogP contribution >= 0.6 is 0 Å². The average Bonchev–Trinajstić information content (AvgIpc) is 3.03. The number of fused-ring (bicyclic) bond motifs is 1. The minimum Gasteiger partial charge on any atom is -0.389 e. The maximum absolute atomic E-state index is 10.7.